The van der Waals surface area contributed by atoms with E-state index >= 15 is 0 Å². The number of likely N-dealkylation sites (N-methyl/N-ethyl adjacent to an activating group) is 1. The van der Waals surface area contributed by atoms with Gasteiger partial charge in [-0.1, -0.05) is 30.3 Å². The first-order valence-electron chi connectivity index (χ1n) is 7.92. The summed E-state index contributed by atoms with van der Waals surface area (Å²) in [7, 11) is 2.13. The monoisotopic (exact) mass is 303 g/mol. The van der Waals surface area contributed by atoms with Gasteiger partial charge in [0, 0.05) is 24.9 Å². The molecule has 3 aliphatic heterocycles. The maximum atomic E-state index is 12.4. The number of epoxide rings is 1. The van der Waals surface area contributed by atoms with Gasteiger partial charge in [-0.15, -0.1) is 0 Å². The number of nitrogens with zero attached hydrogens (tertiary/aromatic N) is 1. The zero-order valence-corrected chi connectivity index (χ0v) is 12.6. The molecule has 3 aliphatic rings. The van der Waals surface area contributed by atoms with E-state index in [4.69, 9.17) is 9.47 Å². The predicted molar refractivity (Wildman–Crippen MR) is 79.4 cm³/mol. The first-order chi connectivity index (χ1) is 10.7. The number of benzene rings is 1. The number of hydrogen-bond acceptors (Lipinski definition) is 5. The van der Waals surface area contributed by atoms with E-state index in [-0.39, 0.29) is 18.7 Å². The molecule has 0 aromatic heterocycles. The van der Waals surface area contributed by atoms with E-state index in [2.05, 4.69) is 11.9 Å². The van der Waals surface area contributed by atoms with Gasteiger partial charge in [-0.05, 0) is 12.6 Å². The molecule has 3 heterocycles. The van der Waals surface area contributed by atoms with Crippen LogP contribution < -0.4 is 0 Å². The minimum atomic E-state index is -0.593. The molecule has 22 heavy (non-hydrogen) atoms. The lowest BCUT2D eigenvalue weighted by atomic mass is 9.97. The van der Waals surface area contributed by atoms with Crippen LogP contribution in [-0.2, 0) is 14.3 Å². The lowest BCUT2D eigenvalue weighted by Crippen LogP contribution is -2.48. The lowest BCUT2D eigenvalue weighted by molar-refractivity contribution is -0.156. The molecule has 1 aromatic rings. The molecular weight excluding hydrogens is 282 g/mol. The van der Waals surface area contributed by atoms with Crippen molar-refractivity contribution >= 4 is 5.97 Å². The lowest BCUT2D eigenvalue weighted by Gasteiger charge is -2.38. The predicted octanol–water partition coefficient (Wildman–Crippen LogP) is 0.918. The number of aliphatic hydroxyl groups is 1. The van der Waals surface area contributed by atoms with Gasteiger partial charge in [0.2, 0.25) is 0 Å². The smallest absolute Gasteiger partial charge is 0.316 e. The average Bonchev–Trinajstić information content (AvgIpc) is 3.27. The van der Waals surface area contributed by atoms with E-state index in [9.17, 15) is 9.90 Å². The van der Waals surface area contributed by atoms with Crippen LogP contribution in [-0.4, -0.2) is 60.0 Å². The molecule has 0 radical (unpaired) electrons. The van der Waals surface area contributed by atoms with E-state index in [1.54, 1.807) is 0 Å². The van der Waals surface area contributed by atoms with E-state index in [0.29, 0.717) is 24.3 Å². The maximum Gasteiger partial charge on any atom is 0.316 e. The number of carbonyl (C=O) groups excluding carboxylic acids is 1. The molecule has 118 valence electrons. The fourth-order valence-electron chi connectivity index (χ4n) is 4.04. The molecule has 3 saturated heterocycles. The van der Waals surface area contributed by atoms with Crippen molar-refractivity contribution < 1.29 is 19.4 Å². The summed E-state index contributed by atoms with van der Waals surface area (Å²) in [4.78, 5) is 14.8. The van der Waals surface area contributed by atoms with Crippen molar-refractivity contribution in [2.75, 3.05) is 13.7 Å². The molecule has 3 fully saturated rings. The normalized spacial score (nSPS) is 37.5. The molecule has 2 unspecified atom stereocenters. The summed E-state index contributed by atoms with van der Waals surface area (Å²) < 4.78 is 11.4. The first-order valence-corrected chi connectivity index (χ1v) is 7.92. The molecule has 0 saturated carbocycles. The van der Waals surface area contributed by atoms with Gasteiger partial charge in [0.25, 0.3) is 0 Å². The Kier molecular flexibility index (Phi) is 3.44. The third kappa shape index (κ3) is 2.24. The van der Waals surface area contributed by atoms with Crippen molar-refractivity contribution in [2.24, 2.45) is 0 Å². The summed E-state index contributed by atoms with van der Waals surface area (Å²) in [6.45, 7) is -0.226. The molecule has 0 aliphatic carbocycles. The average molecular weight is 303 g/mol. The number of rotatable bonds is 4. The van der Waals surface area contributed by atoms with Gasteiger partial charge in [0.15, 0.2) is 0 Å². The molecule has 0 amide bonds. The summed E-state index contributed by atoms with van der Waals surface area (Å²) in [5.74, 6) is -0.915. The second-order valence-corrected chi connectivity index (χ2v) is 6.54. The SMILES string of the molecule is CN1C2CC(OC(=O)[C@H](CO)c3ccccc3)C[C@H]1[C@H]1O[C@@H]21. The van der Waals surface area contributed by atoms with Crippen LogP contribution in [0.3, 0.4) is 0 Å². The minimum absolute atomic E-state index is 0.0622. The number of ether oxygens (including phenoxy) is 2. The van der Waals surface area contributed by atoms with E-state index < -0.39 is 5.92 Å². The molecule has 1 aromatic carbocycles. The van der Waals surface area contributed by atoms with E-state index in [0.717, 1.165) is 18.4 Å². The van der Waals surface area contributed by atoms with Gasteiger partial charge in [-0.3, -0.25) is 9.69 Å². The fourth-order valence-corrected chi connectivity index (χ4v) is 4.04. The quantitative estimate of drug-likeness (QED) is 0.662. The van der Waals surface area contributed by atoms with Gasteiger partial charge in [-0.2, -0.15) is 0 Å². The Bertz CT molecular complexity index is 545. The zero-order chi connectivity index (χ0) is 15.3. The van der Waals surface area contributed by atoms with Gasteiger partial charge < -0.3 is 14.6 Å². The van der Waals surface area contributed by atoms with Crippen LogP contribution in [0.2, 0.25) is 0 Å². The highest BCUT2D eigenvalue weighted by molar-refractivity contribution is 5.78. The molecule has 5 nitrogen and oxygen atoms in total. The highest BCUT2D eigenvalue weighted by Crippen LogP contribution is 2.48. The second-order valence-electron chi connectivity index (χ2n) is 6.54. The third-order valence-electron chi connectivity index (χ3n) is 5.33. The van der Waals surface area contributed by atoms with Crippen molar-refractivity contribution in [1.29, 1.82) is 0 Å². The zero-order valence-electron chi connectivity index (χ0n) is 12.6. The fraction of sp³-hybridized carbons (Fsp3) is 0.588. The van der Waals surface area contributed by atoms with Crippen molar-refractivity contribution in [1.82, 2.24) is 4.90 Å². The summed E-state index contributed by atoms with van der Waals surface area (Å²) >= 11 is 0. The molecule has 0 spiro atoms. The number of esters is 1. The van der Waals surface area contributed by atoms with E-state index in [1.807, 2.05) is 30.3 Å². The van der Waals surface area contributed by atoms with Crippen molar-refractivity contribution in [3.63, 3.8) is 0 Å². The Balaban J connectivity index is 1.42. The molecular formula is C17H21NO4. The minimum Gasteiger partial charge on any atom is -0.462 e. The Morgan fingerprint density at radius 2 is 1.95 bits per heavy atom. The van der Waals surface area contributed by atoms with Gasteiger partial charge in [0.1, 0.15) is 24.2 Å². The number of carbonyl (C=O) groups is 1. The van der Waals surface area contributed by atoms with Gasteiger partial charge in [0.05, 0.1) is 6.61 Å². The van der Waals surface area contributed by atoms with Crippen LogP contribution in [0.5, 0.6) is 0 Å². The highest BCUT2D eigenvalue weighted by Gasteiger charge is 2.62. The largest absolute Gasteiger partial charge is 0.462 e. The Hall–Kier alpha value is -1.43. The van der Waals surface area contributed by atoms with Crippen LogP contribution in [0.25, 0.3) is 0 Å². The summed E-state index contributed by atoms with van der Waals surface area (Å²) in [6, 6.07) is 10.1. The number of hydrogen-bond donors (Lipinski definition) is 1. The van der Waals surface area contributed by atoms with Gasteiger partial charge >= 0.3 is 5.97 Å². The number of morpholine rings is 1. The third-order valence-corrected chi connectivity index (χ3v) is 5.33. The summed E-state index contributed by atoms with van der Waals surface area (Å²) in [5, 5.41) is 9.56. The van der Waals surface area contributed by atoms with Crippen LogP contribution in [0, 0.1) is 0 Å². The molecule has 2 bridgehead atoms. The summed E-state index contributed by atoms with van der Waals surface area (Å²) in [5.41, 5.74) is 0.803. The standard InChI is InChI=1S/C17H21NO4/c1-18-13-7-11(8-14(18)16-15(13)22-16)21-17(20)12(9-19)10-5-3-2-4-6-10/h2-6,11-16,19H,7-9H2,1H3/t11?,12-,13+,14?,15-,16+/m1/s1. The number of aliphatic hydroxyl groups excluding tert-OH is 1. The highest BCUT2D eigenvalue weighted by atomic mass is 16.6. The molecule has 1 N–H and O–H groups in total. The summed E-state index contributed by atoms with van der Waals surface area (Å²) in [6.07, 6.45) is 2.26. The van der Waals surface area contributed by atoms with Crippen molar-refractivity contribution in [2.45, 2.75) is 49.2 Å². The first kappa shape index (κ1) is 14.2. The Morgan fingerprint density at radius 3 is 2.55 bits per heavy atom. The Morgan fingerprint density at radius 1 is 1.32 bits per heavy atom. The maximum absolute atomic E-state index is 12.4. The van der Waals surface area contributed by atoms with Crippen LogP contribution in [0.4, 0.5) is 0 Å². The molecule has 6 atom stereocenters. The topological polar surface area (TPSA) is 62.3 Å². The van der Waals surface area contributed by atoms with E-state index in [1.165, 1.54) is 0 Å². The van der Waals surface area contributed by atoms with Crippen molar-refractivity contribution in [3.05, 3.63) is 35.9 Å². The molecule has 4 rings (SSSR count). The number of fused-ring (bicyclic) bond motifs is 5. The number of piperidine rings is 1. The van der Waals surface area contributed by atoms with Crippen LogP contribution in [0.1, 0.15) is 24.3 Å². The Labute approximate surface area is 129 Å². The molecule has 5 heteroatoms. The second kappa shape index (κ2) is 5.33. The van der Waals surface area contributed by atoms with Crippen LogP contribution in [0.15, 0.2) is 30.3 Å². The van der Waals surface area contributed by atoms with Crippen molar-refractivity contribution in [3.8, 4) is 0 Å². The van der Waals surface area contributed by atoms with Gasteiger partial charge in [-0.25, -0.2) is 0 Å². The van der Waals surface area contributed by atoms with Crippen LogP contribution >= 0.6 is 0 Å².